The number of halogens is 1. The van der Waals surface area contributed by atoms with Crippen LogP contribution in [0, 0.1) is 5.82 Å². The van der Waals surface area contributed by atoms with Crippen LogP contribution in [-0.2, 0) is 0 Å². The van der Waals surface area contributed by atoms with Crippen molar-refractivity contribution >= 4 is 29.6 Å². The van der Waals surface area contributed by atoms with Crippen LogP contribution in [0.3, 0.4) is 0 Å². The van der Waals surface area contributed by atoms with Crippen LogP contribution in [0.25, 0.3) is 23.9 Å². The molecule has 2 saturated heterocycles. The van der Waals surface area contributed by atoms with Gasteiger partial charge in [0.25, 0.3) is 0 Å². The summed E-state index contributed by atoms with van der Waals surface area (Å²) in [6.07, 6.45) is 4.20. The number of piperidine rings is 1. The number of hydrogen-bond acceptors (Lipinski definition) is 3. The van der Waals surface area contributed by atoms with E-state index >= 15 is 4.39 Å². The summed E-state index contributed by atoms with van der Waals surface area (Å²) in [6.45, 7) is 23.8. The molecule has 0 bridgehead atoms. The molecule has 2 aliphatic rings. The first-order valence-corrected chi connectivity index (χ1v) is 11.0. The molecular formula is C25H33FN4. The highest BCUT2D eigenvalue weighted by Crippen LogP contribution is 2.28. The molecule has 30 heavy (non-hydrogen) atoms. The Hall–Kier alpha value is -2.53. The van der Waals surface area contributed by atoms with Gasteiger partial charge in [-0.25, -0.2) is 4.39 Å². The highest BCUT2D eigenvalue weighted by molar-refractivity contribution is 5.87. The van der Waals surface area contributed by atoms with Gasteiger partial charge in [0, 0.05) is 59.0 Å². The zero-order valence-electron chi connectivity index (χ0n) is 18.1. The Morgan fingerprint density at radius 1 is 1.03 bits per heavy atom. The quantitative estimate of drug-likeness (QED) is 0.820. The largest absolute Gasteiger partial charge is 0.367 e. The molecule has 0 saturated carbocycles. The van der Waals surface area contributed by atoms with E-state index in [1.165, 1.54) is 12.8 Å². The van der Waals surface area contributed by atoms with Gasteiger partial charge in [-0.3, -0.25) is 4.90 Å². The SMILES string of the molecule is C=C1CCC(n2c(=C)c3cc(F)c(N4CCN(CCCC)CC4)cc3c2=C)C(=C)N1. The predicted molar refractivity (Wildman–Crippen MR) is 125 cm³/mol. The molecule has 4 rings (SSSR count). The van der Waals surface area contributed by atoms with Gasteiger partial charge in [-0.05, 0) is 37.9 Å². The number of nitrogens with one attached hydrogen (secondary N) is 1. The average molecular weight is 409 g/mol. The Kier molecular flexibility index (Phi) is 5.74. The maximum Gasteiger partial charge on any atom is 0.147 e. The van der Waals surface area contributed by atoms with Crippen molar-refractivity contribution in [3.8, 4) is 0 Å². The summed E-state index contributed by atoms with van der Waals surface area (Å²) in [6, 6.07) is 3.66. The summed E-state index contributed by atoms with van der Waals surface area (Å²) >= 11 is 0. The first-order chi connectivity index (χ1) is 14.4. The Bertz CT molecular complexity index is 1070. The molecule has 0 amide bonds. The number of benzene rings is 1. The maximum atomic E-state index is 15.1. The molecule has 160 valence electrons. The maximum absolute atomic E-state index is 15.1. The van der Waals surface area contributed by atoms with E-state index in [0.29, 0.717) is 5.69 Å². The number of fused-ring (bicyclic) bond motifs is 1. The normalized spacial score (nSPS) is 20.7. The van der Waals surface area contributed by atoms with E-state index in [0.717, 1.165) is 78.4 Å². The predicted octanol–water partition coefficient (Wildman–Crippen LogP) is 3.48. The first-order valence-electron chi connectivity index (χ1n) is 11.0. The molecule has 3 heterocycles. The molecule has 1 unspecified atom stereocenters. The van der Waals surface area contributed by atoms with E-state index in [9.17, 15) is 0 Å². The summed E-state index contributed by atoms with van der Waals surface area (Å²) in [5, 5.41) is 6.74. The third-order valence-electron chi connectivity index (χ3n) is 6.60. The van der Waals surface area contributed by atoms with Crippen molar-refractivity contribution in [1.29, 1.82) is 0 Å². The first kappa shape index (κ1) is 20.7. The van der Waals surface area contributed by atoms with Crippen molar-refractivity contribution in [2.75, 3.05) is 37.6 Å². The molecule has 0 spiro atoms. The van der Waals surface area contributed by atoms with Crippen molar-refractivity contribution in [3.05, 3.63) is 53.2 Å². The zero-order chi connectivity index (χ0) is 21.4. The van der Waals surface area contributed by atoms with Crippen LogP contribution in [0.4, 0.5) is 10.1 Å². The van der Waals surface area contributed by atoms with Crippen molar-refractivity contribution < 1.29 is 4.39 Å². The highest BCUT2D eigenvalue weighted by atomic mass is 19.1. The minimum atomic E-state index is -0.180. The Morgan fingerprint density at radius 3 is 2.33 bits per heavy atom. The second-order valence-corrected chi connectivity index (χ2v) is 8.60. The molecule has 2 fully saturated rings. The average Bonchev–Trinajstić information content (AvgIpc) is 2.96. The lowest BCUT2D eigenvalue weighted by molar-refractivity contribution is 0.253. The molecule has 2 aliphatic heterocycles. The molecule has 0 radical (unpaired) electrons. The molecule has 0 aliphatic carbocycles. The number of allylic oxidation sites excluding steroid dienone is 2. The fourth-order valence-electron chi connectivity index (χ4n) is 4.82. The van der Waals surface area contributed by atoms with Gasteiger partial charge in [0.2, 0.25) is 0 Å². The molecular weight excluding hydrogens is 375 g/mol. The van der Waals surface area contributed by atoms with Gasteiger partial charge >= 0.3 is 0 Å². The molecule has 1 aromatic heterocycles. The lowest BCUT2D eigenvalue weighted by Crippen LogP contribution is -2.46. The second-order valence-electron chi connectivity index (χ2n) is 8.60. The number of hydrogen-bond donors (Lipinski definition) is 1. The van der Waals surface area contributed by atoms with Gasteiger partial charge in [-0.1, -0.05) is 39.7 Å². The van der Waals surface area contributed by atoms with Gasteiger partial charge in [0.15, 0.2) is 0 Å². The summed E-state index contributed by atoms with van der Waals surface area (Å²) in [4.78, 5) is 4.64. The number of piperazine rings is 1. The van der Waals surface area contributed by atoms with Crippen LogP contribution in [0.2, 0.25) is 0 Å². The van der Waals surface area contributed by atoms with E-state index in [2.05, 4.69) is 52.9 Å². The van der Waals surface area contributed by atoms with Gasteiger partial charge in [0.05, 0.1) is 11.7 Å². The monoisotopic (exact) mass is 408 g/mol. The fourth-order valence-corrected chi connectivity index (χ4v) is 4.82. The number of rotatable bonds is 5. The Balaban J connectivity index is 1.65. The Labute approximate surface area is 178 Å². The van der Waals surface area contributed by atoms with Crippen molar-refractivity contribution in [3.63, 3.8) is 0 Å². The molecule has 1 N–H and O–H groups in total. The van der Waals surface area contributed by atoms with Crippen molar-refractivity contribution in [2.24, 2.45) is 0 Å². The van der Waals surface area contributed by atoms with Crippen LogP contribution in [0.5, 0.6) is 0 Å². The van der Waals surface area contributed by atoms with E-state index in [1.807, 2.05) is 6.07 Å². The minimum absolute atomic E-state index is 0.0523. The third kappa shape index (κ3) is 3.67. The van der Waals surface area contributed by atoms with Crippen LogP contribution in [0.15, 0.2) is 36.7 Å². The van der Waals surface area contributed by atoms with Gasteiger partial charge in [-0.2, -0.15) is 0 Å². The summed E-state index contributed by atoms with van der Waals surface area (Å²) in [7, 11) is 0. The molecule has 4 nitrogen and oxygen atoms in total. The summed E-state index contributed by atoms with van der Waals surface area (Å²) in [5.74, 6) is -0.180. The molecule has 1 atom stereocenters. The number of unbranched alkanes of at least 4 members (excludes halogenated alkanes) is 1. The second kappa shape index (κ2) is 8.31. The lowest BCUT2D eigenvalue weighted by atomic mass is 10.0. The van der Waals surface area contributed by atoms with Crippen LogP contribution < -0.4 is 20.9 Å². The standard InChI is InChI=1S/C25H33FN4/c1-6-7-10-28-11-13-29(14-12-28)25-16-22-20(5)30(19(4)21(22)15-23(25)26)24-9-8-17(2)27-18(24)3/h15-16,24,27H,2-14H2,1H3. The van der Waals surface area contributed by atoms with Gasteiger partial charge in [0.1, 0.15) is 5.82 Å². The number of anilines is 1. The smallest absolute Gasteiger partial charge is 0.147 e. The molecule has 2 aromatic rings. The fraction of sp³-hybridized carbons (Fsp3) is 0.440. The summed E-state index contributed by atoms with van der Waals surface area (Å²) in [5.41, 5.74) is 2.55. The summed E-state index contributed by atoms with van der Waals surface area (Å²) < 4.78 is 17.3. The van der Waals surface area contributed by atoms with Crippen LogP contribution >= 0.6 is 0 Å². The topological polar surface area (TPSA) is 23.4 Å². The van der Waals surface area contributed by atoms with E-state index < -0.39 is 0 Å². The molecule has 1 aromatic carbocycles. The van der Waals surface area contributed by atoms with Crippen molar-refractivity contribution in [2.45, 2.75) is 38.6 Å². The van der Waals surface area contributed by atoms with Crippen LogP contribution in [0.1, 0.15) is 38.6 Å². The van der Waals surface area contributed by atoms with E-state index in [-0.39, 0.29) is 11.9 Å². The Morgan fingerprint density at radius 2 is 1.70 bits per heavy atom. The lowest BCUT2D eigenvalue weighted by Gasteiger charge is -2.36. The van der Waals surface area contributed by atoms with E-state index in [4.69, 9.17) is 0 Å². The van der Waals surface area contributed by atoms with Crippen LogP contribution in [-0.4, -0.2) is 42.2 Å². The highest BCUT2D eigenvalue weighted by Gasteiger charge is 2.24. The zero-order valence-corrected chi connectivity index (χ0v) is 18.1. The van der Waals surface area contributed by atoms with Gasteiger partial charge in [-0.15, -0.1) is 0 Å². The van der Waals surface area contributed by atoms with Crippen molar-refractivity contribution in [1.82, 2.24) is 14.8 Å². The molecule has 5 heteroatoms. The number of nitrogens with zero attached hydrogens (tertiary/aromatic N) is 3. The number of aromatic nitrogens is 1. The third-order valence-corrected chi connectivity index (χ3v) is 6.60. The van der Waals surface area contributed by atoms with Gasteiger partial charge < -0.3 is 14.8 Å². The van der Waals surface area contributed by atoms with E-state index in [1.54, 1.807) is 6.07 Å². The minimum Gasteiger partial charge on any atom is -0.367 e.